The van der Waals surface area contributed by atoms with Gasteiger partial charge in [-0.25, -0.2) is 9.97 Å². The third kappa shape index (κ3) is 4.18. The van der Waals surface area contributed by atoms with Gasteiger partial charge in [-0.15, -0.1) is 0 Å². The van der Waals surface area contributed by atoms with Crippen LogP contribution in [0.15, 0.2) is 60.7 Å². The van der Waals surface area contributed by atoms with Crippen molar-refractivity contribution in [3.8, 4) is 6.07 Å². The van der Waals surface area contributed by atoms with Crippen LogP contribution in [0.4, 0.5) is 17.3 Å². The highest BCUT2D eigenvalue weighted by Crippen LogP contribution is 2.16. The summed E-state index contributed by atoms with van der Waals surface area (Å²) in [6.07, 6.45) is 0. The molecule has 2 aromatic carbocycles. The van der Waals surface area contributed by atoms with E-state index in [9.17, 15) is 4.79 Å². The van der Waals surface area contributed by atoms with E-state index in [4.69, 9.17) is 5.26 Å². The van der Waals surface area contributed by atoms with E-state index < -0.39 is 0 Å². The molecule has 0 spiro atoms. The molecule has 0 saturated heterocycles. The molecule has 1 amide bonds. The summed E-state index contributed by atoms with van der Waals surface area (Å²) in [5, 5.41) is 14.8. The van der Waals surface area contributed by atoms with Crippen LogP contribution < -0.4 is 10.6 Å². The van der Waals surface area contributed by atoms with Gasteiger partial charge in [-0.05, 0) is 43.3 Å². The maximum atomic E-state index is 12.4. The van der Waals surface area contributed by atoms with Crippen LogP contribution in [0.2, 0.25) is 0 Å². The van der Waals surface area contributed by atoms with Crippen LogP contribution in [0, 0.1) is 18.3 Å². The standard InChI is InChI=1S/C19H15N5O/c1-13-10-17(18(25)22-15-7-3-2-4-8-15)24-19(21-13)23-16-9-5-6-14(11-16)12-20/h2-11H,1H3,(H,22,25)(H,21,23,24). The smallest absolute Gasteiger partial charge is 0.274 e. The maximum Gasteiger partial charge on any atom is 0.274 e. The van der Waals surface area contributed by atoms with E-state index in [-0.39, 0.29) is 11.6 Å². The van der Waals surface area contributed by atoms with Crippen LogP contribution in [-0.2, 0) is 0 Å². The molecule has 122 valence electrons. The monoisotopic (exact) mass is 329 g/mol. The topological polar surface area (TPSA) is 90.7 Å². The average Bonchev–Trinajstić information content (AvgIpc) is 2.62. The molecule has 6 heteroatoms. The lowest BCUT2D eigenvalue weighted by molar-refractivity contribution is 0.102. The Hall–Kier alpha value is -3.72. The third-order valence-electron chi connectivity index (χ3n) is 3.37. The molecule has 0 atom stereocenters. The summed E-state index contributed by atoms with van der Waals surface area (Å²) in [6.45, 7) is 1.79. The Morgan fingerprint density at radius 2 is 1.76 bits per heavy atom. The molecule has 25 heavy (non-hydrogen) atoms. The summed E-state index contributed by atoms with van der Waals surface area (Å²) >= 11 is 0. The second-order valence-corrected chi connectivity index (χ2v) is 5.36. The molecule has 3 rings (SSSR count). The van der Waals surface area contributed by atoms with Crippen LogP contribution >= 0.6 is 0 Å². The number of nitrogens with one attached hydrogen (secondary N) is 2. The van der Waals surface area contributed by atoms with Crippen molar-refractivity contribution in [3.05, 3.63) is 77.6 Å². The number of para-hydroxylation sites is 1. The SMILES string of the molecule is Cc1cc(C(=O)Nc2ccccc2)nc(Nc2cccc(C#N)c2)n1. The van der Waals surface area contributed by atoms with Crippen LogP contribution in [-0.4, -0.2) is 15.9 Å². The minimum Gasteiger partial charge on any atom is -0.324 e. The van der Waals surface area contributed by atoms with Crippen molar-refractivity contribution < 1.29 is 4.79 Å². The van der Waals surface area contributed by atoms with Crippen molar-refractivity contribution in [2.24, 2.45) is 0 Å². The molecular weight excluding hydrogens is 314 g/mol. The van der Waals surface area contributed by atoms with E-state index in [1.807, 2.05) is 18.2 Å². The second-order valence-electron chi connectivity index (χ2n) is 5.36. The van der Waals surface area contributed by atoms with Crippen molar-refractivity contribution in [2.75, 3.05) is 10.6 Å². The lowest BCUT2D eigenvalue weighted by Gasteiger charge is -2.09. The zero-order valence-corrected chi connectivity index (χ0v) is 13.5. The highest BCUT2D eigenvalue weighted by Gasteiger charge is 2.11. The van der Waals surface area contributed by atoms with E-state index in [0.29, 0.717) is 28.6 Å². The molecule has 0 radical (unpaired) electrons. The van der Waals surface area contributed by atoms with E-state index in [2.05, 4.69) is 26.7 Å². The number of hydrogen-bond acceptors (Lipinski definition) is 5. The van der Waals surface area contributed by atoms with Gasteiger partial charge in [0.1, 0.15) is 5.69 Å². The molecule has 0 aliphatic heterocycles. The van der Waals surface area contributed by atoms with E-state index in [1.54, 1.807) is 49.4 Å². The first kappa shape index (κ1) is 16.1. The lowest BCUT2D eigenvalue weighted by Crippen LogP contribution is -2.15. The van der Waals surface area contributed by atoms with Gasteiger partial charge in [-0.2, -0.15) is 5.26 Å². The molecule has 1 aromatic heterocycles. The lowest BCUT2D eigenvalue weighted by atomic mass is 10.2. The largest absolute Gasteiger partial charge is 0.324 e. The molecule has 2 N–H and O–H groups in total. The molecular formula is C19H15N5O. The van der Waals surface area contributed by atoms with Gasteiger partial charge in [0.2, 0.25) is 5.95 Å². The minimum atomic E-state index is -0.314. The maximum absolute atomic E-state index is 12.4. The Balaban J connectivity index is 1.82. The predicted octanol–water partition coefficient (Wildman–Crippen LogP) is 3.65. The first-order chi connectivity index (χ1) is 12.1. The first-order valence-corrected chi connectivity index (χ1v) is 7.63. The fourth-order valence-electron chi connectivity index (χ4n) is 2.25. The average molecular weight is 329 g/mol. The van der Waals surface area contributed by atoms with Gasteiger partial charge in [-0.1, -0.05) is 24.3 Å². The van der Waals surface area contributed by atoms with E-state index in [0.717, 1.165) is 0 Å². The van der Waals surface area contributed by atoms with Crippen molar-refractivity contribution >= 4 is 23.2 Å². The quantitative estimate of drug-likeness (QED) is 0.762. The molecule has 0 saturated carbocycles. The Morgan fingerprint density at radius 1 is 1.00 bits per heavy atom. The fourth-order valence-corrected chi connectivity index (χ4v) is 2.25. The second kappa shape index (κ2) is 7.23. The van der Waals surface area contributed by atoms with E-state index >= 15 is 0 Å². The van der Waals surface area contributed by atoms with Crippen LogP contribution in [0.3, 0.4) is 0 Å². The normalized spacial score (nSPS) is 9.92. The summed E-state index contributed by atoms with van der Waals surface area (Å²) in [6, 6.07) is 19.8. The number of amides is 1. The van der Waals surface area contributed by atoms with Crippen molar-refractivity contribution in [1.82, 2.24) is 9.97 Å². The molecule has 0 aliphatic carbocycles. The van der Waals surface area contributed by atoms with Crippen LogP contribution in [0.5, 0.6) is 0 Å². The van der Waals surface area contributed by atoms with Gasteiger partial charge in [-0.3, -0.25) is 4.79 Å². The van der Waals surface area contributed by atoms with Crippen LogP contribution in [0.25, 0.3) is 0 Å². The van der Waals surface area contributed by atoms with Crippen LogP contribution in [0.1, 0.15) is 21.7 Å². The minimum absolute atomic E-state index is 0.260. The molecule has 0 bridgehead atoms. The number of rotatable bonds is 4. The molecule has 0 unspecified atom stereocenters. The zero-order chi connectivity index (χ0) is 17.6. The number of carbonyl (C=O) groups excluding carboxylic acids is 1. The Kier molecular flexibility index (Phi) is 4.67. The number of benzene rings is 2. The molecule has 6 nitrogen and oxygen atoms in total. The Labute approximate surface area is 145 Å². The Bertz CT molecular complexity index is 948. The zero-order valence-electron chi connectivity index (χ0n) is 13.5. The molecule has 3 aromatic rings. The summed E-state index contributed by atoms with van der Waals surface area (Å²) in [5.41, 5.74) is 2.82. The summed E-state index contributed by atoms with van der Waals surface area (Å²) in [4.78, 5) is 21.0. The first-order valence-electron chi connectivity index (χ1n) is 7.63. The highest BCUT2D eigenvalue weighted by atomic mass is 16.1. The third-order valence-corrected chi connectivity index (χ3v) is 3.37. The number of aryl methyl sites for hydroxylation is 1. The number of nitrogens with zero attached hydrogens (tertiary/aromatic N) is 3. The van der Waals surface area contributed by atoms with E-state index in [1.165, 1.54) is 0 Å². The highest BCUT2D eigenvalue weighted by molar-refractivity contribution is 6.03. The molecule has 0 fully saturated rings. The molecule has 0 aliphatic rings. The fraction of sp³-hybridized carbons (Fsp3) is 0.0526. The van der Waals surface area contributed by atoms with Gasteiger partial charge in [0, 0.05) is 17.1 Å². The summed E-state index contributed by atoms with van der Waals surface area (Å²) < 4.78 is 0. The van der Waals surface area contributed by atoms with Gasteiger partial charge in [0.05, 0.1) is 11.6 Å². The number of hydrogen-bond donors (Lipinski definition) is 2. The number of carbonyl (C=O) groups is 1. The van der Waals surface area contributed by atoms with Crippen molar-refractivity contribution in [1.29, 1.82) is 5.26 Å². The van der Waals surface area contributed by atoms with Crippen molar-refractivity contribution in [3.63, 3.8) is 0 Å². The Morgan fingerprint density at radius 3 is 2.52 bits per heavy atom. The number of nitriles is 1. The predicted molar refractivity (Wildman–Crippen MR) is 95.6 cm³/mol. The summed E-state index contributed by atoms with van der Waals surface area (Å²) in [5.74, 6) is -0.0150. The molecule has 1 heterocycles. The van der Waals surface area contributed by atoms with Gasteiger partial charge in [0.15, 0.2) is 0 Å². The van der Waals surface area contributed by atoms with Gasteiger partial charge in [0.25, 0.3) is 5.91 Å². The van der Waals surface area contributed by atoms with Gasteiger partial charge >= 0.3 is 0 Å². The number of anilines is 3. The number of aromatic nitrogens is 2. The summed E-state index contributed by atoms with van der Waals surface area (Å²) in [7, 11) is 0. The van der Waals surface area contributed by atoms with Crippen molar-refractivity contribution in [2.45, 2.75) is 6.92 Å². The van der Waals surface area contributed by atoms with Gasteiger partial charge < -0.3 is 10.6 Å².